The number of allylic oxidation sites excluding steroid dienone is 2. The molecule has 0 saturated heterocycles. The third-order valence-corrected chi connectivity index (χ3v) is 7.59. The minimum Gasteiger partial charge on any atom is -0.507 e. The van der Waals surface area contributed by atoms with Crippen molar-refractivity contribution in [1.29, 1.82) is 0 Å². The molecule has 0 spiro atoms. The van der Waals surface area contributed by atoms with Crippen molar-refractivity contribution in [3.8, 4) is 11.5 Å². The second kappa shape index (κ2) is 9.13. The van der Waals surface area contributed by atoms with E-state index in [4.69, 9.17) is 13.7 Å². The van der Waals surface area contributed by atoms with E-state index in [0.717, 1.165) is 11.1 Å². The third-order valence-electron chi connectivity index (χ3n) is 6.35. The fourth-order valence-corrected chi connectivity index (χ4v) is 5.36. The number of methoxy groups -OCH3 is 1. The first-order valence-corrected chi connectivity index (χ1v) is 12.4. The predicted molar refractivity (Wildman–Crippen MR) is 122 cm³/mol. The van der Waals surface area contributed by atoms with Crippen molar-refractivity contribution in [1.82, 2.24) is 0 Å². The number of fused-ring (bicyclic) bond motifs is 1. The number of phenols is 1. The van der Waals surface area contributed by atoms with Gasteiger partial charge in [-0.05, 0) is 50.8 Å². The molecule has 180 valence electrons. The van der Waals surface area contributed by atoms with Crippen LogP contribution in [0.4, 0.5) is 0 Å². The quantitative estimate of drug-likeness (QED) is 0.352. The molecule has 1 heterocycles. The summed E-state index contributed by atoms with van der Waals surface area (Å²) >= 11 is 0. The topological polar surface area (TPSA) is 116 Å². The highest BCUT2D eigenvalue weighted by atomic mass is 32.2. The molecule has 1 atom stereocenters. The number of esters is 2. The highest BCUT2D eigenvalue weighted by Crippen LogP contribution is 2.49. The molecule has 8 nitrogen and oxygen atoms in total. The van der Waals surface area contributed by atoms with Crippen molar-refractivity contribution in [2.24, 2.45) is 0 Å². The number of rotatable bonds is 7. The van der Waals surface area contributed by atoms with Crippen molar-refractivity contribution >= 4 is 22.1 Å². The lowest BCUT2D eigenvalue weighted by atomic mass is 9.89. The Morgan fingerprint density at radius 1 is 1.21 bits per heavy atom. The number of aromatic hydroxyl groups is 1. The Labute approximate surface area is 198 Å². The summed E-state index contributed by atoms with van der Waals surface area (Å²) in [5, 5.41) is 11.1. The number of phenolic OH excluding ortho intramolecular Hbond substituents is 1. The second-order valence-corrected chi connectivity index (χ2v) is 10.1. The Balaban J connectivity index is 1.80. The summed E-state index contributed by atoms with van der Waals surface area (Å²) in [4.78, 5) is 24.1. The lowest BCUT2D eigenvalue weighted by Crippen LogP contribution is -2.15. The van der Waals surface area contributed by atoms with Crippen molar-refractivity contribution in [2.45, 2.75) is 57.0 Å². The Kier molecular flexibility index (Phi) is 6.40. The molecule has 2 aromatic rings. The van der Waals surface area contributed by atoms with Crippen molar-refractivity contribution in [2.75, 3.05) is 7.11 Å². The largest absolute Gasteiger partial charge is 0.507 e. The van der Waals surface area contributed by atoms with Gasteiger partial charge >= 0.3 is 22.1 Å². The summed E-state index contributed by atoms with van der Waals surface area (Å²) in [6.07, 6.45) is 3.84. The Hall–Kier alpha value is -3.33. The van der Waals surface area contributed by atoms with E-state index in [-0.39, 0.29) is 46.5 Å². The highest BCUT2D eigenvalue weighted by molar-refractivity contribution is 7.87. The maximum atomic E-state index is 13.1. The van der Waals surface area contributed by atoms with Crippen LogP contribution in [0.5, 0.6) is 11.5 Å². The van der Waals surface area contributed by atoms with Crippen molar-refractivity contribution < 1.29 is 36.8 Å². The van der Waals surface area contributed by atoms with Gasteiger partial charge in [-0.2, -0.15) is 8.42 Å². The summed E-state index contributed by atoms with van der Waals surface area (Å²) < 4.78 is 41.7. The molecule has 2 aromatic carbocycles. The summed E-state index contributed by atoms with van der Waals surface area (Å²) in [6, 6.07) is 6.15. The van der Waals surface area contributed by atoms with Crippen LogP contribution in [0.25, 0.3) is 0 Å². The summed E-state index contributed by atoms with van der Waals surface area (Å²) in [7, 11) is -2.97. The molecule has 1 aliphatic heterocycles. The molecule has 1 aliphatic carbocycles. The number of aryl methyl sites for hydroxylation is 1. The van der Waals surface area contributed by atoms with Crippen LogP contribution >= 0.6 is 0 Å². The van der Waals surface area contributed by atoms with Crippen LogP contribution in [0.2, 0.25) is 0 Å². The number of hydrogen-bond donors (Lipinski definition) is 1. The zero-order chi connectivity index (χ0) is 24.6. The van der Waals surface area contributed by atoms with Crippen LogP contribution in [0.1, 0.15) is 64.2 Å². The first kappa shape index (κ1) is 23.8. The summed E-state index contributed by atoms with van der Waals surface area (Å²) in [6.45, 7) is 3.43. The fourth-order valence-electron chi connectivity index (χ4n) is 4.40. The minimum atomic E-state index is -4.30. The van der Waals surface area contributed by atoms with Gasteiger partial charge in [-0.3, -0.25) is 4.79 Å². The normalized spacial score (nSPS) is 17.2. The fraction of sp³-hybridized carbons (Fsp3) is 0.360. The molecule has 2 aliphatic rings. The van der Waals surface area contributed by atoms with Crippen LogP contribution in [0, 0.1) is 13.8 Å². The van der Waals surface area contributed by atoms with Crippen LogP contribution in [-0.2, 0) is 31.0 Å². The molecule has 34 heavy (non-hydrogen) atoms. The molecule has 0 fully saturated rings. The predicted octanol–water partition coefficient (Wildman–Crippen LogP) is 4.20. The SMILES string of the molecule is COC(=O)CCC1=CC(c2c(O)c(C)c3c(c2OS(=O)(=O)c2ccc(C)cc2)C(=O)OC3)CC1. The maximum absolute atomic E-state index is 13.1. The summed E-state index contributed by atoms with van der Waals surface area (Å²) in [5.74, 6) is -1.73. The average molecular weight is 487 g/mol. The third kappa shape index (κ3) is 4.40. The van der Waals surface area contributed by atoms with E-state index < -0.39 is 22.0 Å². The molecule has 1 unspecified atom stereocenters. The zero-order valence-corrected chi connectivity index (χ0v) is 20.0. The van der Waals surface area contributed by atoms with E-state index in [9.17, 15) is 23.1 Å². The molecular weight excluding hydrogens is 460 g/mol. The van der Waals surface area contributed by atoms with Gasteiger partial charge in [-0.15, -0.1) is 0 Å². The first-order valence-electron chi connectivity index (χ1n) is 10.9. The van der Waals surface area contributed by atoms with Gasteiger partial charge in [0, 0.05) is 23.5 Å². The smallest absolute Gasteiger partial charge is 0.342 e. The monoisotopic (exact) mass is 486 g/mol. The number of carbonyl (C=O) groups excluding carboxylic acids is 2. The average Bonchev–Trinajstić information content (AvgIpc) is 3.42. The standard InChI is InChI=1S/C25H26O8S/c1-14-4-9-18(10-5-14)34(29,30)33-24-21(17-8-6-16(12-17)7-11-20(26)31-3)23(27)15(2)19-13-32-25(28)22(19)24/h4-5,9-10,12,17,27H,6-8,11,13H2,1-3H3. The van der Waals surface area contributed by atoms with Gasteiger partial charge in [-0.1, -0.05) is 29.3 Å². The van der Waals surface area contributed by atoms with E-state index in [1.807, 2.05) is 13.0 Å². The summed E-state index contributed by atoms with van der Waals surface area (Å²) in [5.41, 5.74) is 2.99. The molecule has 0 saturated carbocycles. The van der Waals surface area contributed by atoms with Gasteiger partial charge in [0.15, 0.2) is 5.75 Å². The number of carbonyl (C=O) groups is 2. The van der Waals surface area contributed by atoms with Gasteiger partial charge in [0.1, 0.15) is 22.8 Å². The molecule has 0 amide bonds. The van der Waals surface area contributed by atoms with E-state index in [0.29, 0.717) is 30.4 Å². The van der Waals surface area contributed by atoms with Crippen LogP contribution in [-0.4, -0.2) is 32.6 Å². The van der Waals surface area contributed by atoms with Crippen molar-refractivity contribution in [3.63, 3.8) is 0 Å². The van der Waals surface area contributed by atoms with Crippen LogP contribution in [0.15, 0.2) is 40.8 Å². The lowest BCUT2D eigenvalue weighted by molar-refractivity contribution is -0.140. The minimum absolute atomic E-state index is 0.0254. The van der Waals surface area contributed by atoms with Gasteiger partial charge in [0.2, 0.25) is 0 Å². The Morgan fingerprint density at radius 3 is 2.59 bits per heavy atom. The number of cyclic esters (lactones) is 1. The van der Waals surface area contributed by atoms with Crippen LogP contribution in [0.3, 0.4) is 0 Å². The zero-order valence-electron chi connectivity index (χ0n) is 19.2. The van der Waals surface area contributed by atoms with E-state index in [2.05, 4.69) is 0 Å². The second-order valence-electron chi connectivity index (χ2n) is 8.54. The van der Waals surface area contributed by atoms with Gasteiger partial charge < -0.3 is 18.8 Å². The Morgan fingerprint density at radius 2 is 1.91 bits per heavy atom. The van der Waals surface area contributed by atoms with Gasteiger partial charge in [0.25, 0.3) is 0 Å². The molecule has 0 radical (unpaired) electrons. The number of hydrogen-bond acceptors (Lipinski definition) is 8. The molecule has 0 bridgehead atoms. The molecule has 4 rings (SSSR count). The van der Waals surface area contributed by atoms with E-state index in [1.165, 1.54) is 19.2 Å². The lowest BCUT2D eigenvalue weighted by Gasteiger charge is -2.20. The maximum Gasteiger partial charge on any atom is 0.342 e. The molecule has 9 heteroatoms. The van der Waals surface area contributed by atoms with E-state index in [1.54, 1.807) is 19.1 Å². The van der Waals surface area contributed by atoms with Crippen LogP contribution < -0.4 is 4.18 Å². The molecular formula is C25H26O8S. The highest BCUT2D eigenvalue weighted by Gasteiger charge is 2.38. The van der Waals surface area contributed by atoms with Gasteiger partial charge in [-0.25, -0.2) is 4.79 Å². The van der Waals surface area contributed by atoms with Gasteiger partial charge in [0.05, 0.1) is 7.11 Å². The number of benzene rings is 2. The van der Waals surface area contributed by atoms with E-state index >= 15 is 0 Å². The molecule has 0 aromatic heterocycles. The molecule has 1 N–H and O–H groups in total. The van der Waals surface area contributed by atoms with Crippen molar-refractivity contribution in [3.05, 3.63) is 63.7 Å². The number of ether oxygens (including phenoxy) is 2. The Bertz CT molecular complexity index is 1290. The first-order chi connectivity index (χ1) is 16.1.